The molecule has 3 unspecified atom stereocenters. The summed E-state index contributed by atoms with van der Waals surface area (Å²) in [6.45, 7) is 1.64. The van der Waals surface area contributed by atoms with Crippen molar-refractivity contribution in [2.45, 2.75) is 37.2 Å². The maximum absolute atomic E-state index is 11.9. The van der Waals surface area contributed by atoms with E-state index >= 15 is 0 Å². The minimum Gasteiger partial charge on any atom is -0.466 e. The first-order valence-electron chi connectivity index (χ1n) is 9.09. The molecule has 4 N–H and O–H groups in total. The van der Waals surface area contributed by atoms with Gasteiger partial charge in [-0.05, 0) is 6.92 Å². The Balaban J connectivity index is 4.06. The summed E-state index contributed by atoms with van der Waals surface area (Å²) in [7, 11) is 0. The van der Waals surface area contributed by atoms with Crippen molar-refractivity contribution in [1.82, 2.24) is 0 Å². The largest absolute Gasteiger partial charge is 0.466 e. The zero-order valence-electron chi connectivity index (χ0n) is 16.2. The van der Waals surface area contributed by atoms with Gasteiger partial charge in [-0.25, -0.2) is 0 Å². The Labute approximate surface area is 179 Å². The average molecular weight is 461 g/mol. The van der Waals surface area contributed by atoms with Crippen LogP contribution in [-0.4, -0.2) is 105 Å². The average Bonchev–Trinajstić information content (AvgIpc) is 2.68. The van der Waals surface area contributed by atoms with Gasteiger partial charge in [0.1, 0.15) is 6.61 Å². The molecule has 3 atom stereocenters. The molecule has 0 aromatic heterocycles. The highest BCUT2D eigenvalue weighted by Crippen LogP contribution is 2.19. The van der Waals surface area contributed by atoms with Crippen molar-refractivity contribution in [2.24, 2.45) is 0 Å². The molecule has 0 fully saturated rings. The molecule has 0 bridgehead atoms. The summed E-state index contributed by atoms with van der Waals surface area (Å²) in [6, 6.07) is 0. The van der Waals surface area contributed by atoms with Gasteiger partial charge < -0.3 is 29.9 Å². The number of rotatable bonds is 18. The van der Waals surface area contributed by atoms with Gasteiger partial charge in [-0.3, -0.25) is 9.59 Å². The van der Waals surface area contributed by atoms with Crippen LogP contribution in [0.3, 0.4) is 0 Å². The van der Waals surface area contributed by atoms with E-state index in [1.165, 1.54) is 35.3 Å². The van der Waals surface area contributed by atoms with E-state index in [1.54, 1.807) is 6.92 Å². The Morgan fingerprint density at radius 3 is 2.00 bits per heavy atom. The summed E-state index contributed by atoms with van der Waals surface area (Å²) in [5.41, 5.74) is 0. The summed E-state index contributed by atoms with van der Waals surface area (Å²) in [4.78, 5) is 23.1. The second-order valence-corrected chi connectivity index (χ2v) is 9.40. The van der Waals surface area contributed by atoms with Crippen molar-refractivity contribution in [2.75, 3.05) is 55.2 Å². The van der Waals surface area contributed by atoms with Crippen molar-refractivity contribution in [3.8, 4) is 0 Å². The van der Waals surface area contributed by atoms with Crippen molar-refractivity contribution in [3.63, 3.8) is 0 Å². The summed E-state index contributed by atoms with van der Waals surface area (Å²) in [6.07, 6.45) is -1.09. The number of hydrogen-bond acceptors (Lipinski definition) is 11. The fraction of sp³-hybridized carbons (Fsp3) is 0.882. The number of esters is 2. The Morgan fingerprint density at radius 2 is 1.43 bits per heavy atom. The number of aliphatic hydroxyl groups is 4. The number of aliphatic hydroxyl groups excluding tert-OH is 4. The second kappa shape index (κ2) is 18.8. The SMILES string of the molecule is CCOC(=O)CCSCCC(=O)OCC(CSCC(O)CO)SCC(O)CO. The first-order chi connectivity index (χ1) is 13.4. The lowest BCUT2D eigenvalue weighted by Crippen LogP contribution is -2.24. The van der Waals surface area contributed by atoms with Crippen LogP contribution in [0.25, 0.3) is 0 Å². The fourth-order valence-electron chi connectivity index (χ4n) is 1.74. The van der Waals surface area contributed by atoms with Crippen LogP contribution in [-0.2, 0) is 19.1 Å². The van der Waals surface area contributed by atoms with Gasteiger partial charge in [0.25, 0.3) is 0 Å². The monoisotopic (exact) mass is 460 g/mol. The topological polar surface area (TPSA) is 134 Å². The highest BCUT2D eigenvalue weighted by Gasteiger charge is 2.16. The lowest BCUT2D eigenvalue weighted by molar-refractivity contribution is -0.143. The molecular formula is C17H32O8S3. The predicted octanol–water partition coefficient (Wildman–Crippen LogP) is 0.148. The highest BCUT2D eigenvalue weighted by molar-refractivity contribution is 8.03. The minimum atomic E-state index is -0.841. The van der Waals surface area contributed by atoms with Crippen LogP contribution < -0.4 is 0 Å². The summed E-state index contributed by atoms with van der Waals surface area (Å²) in [5.74, 6) is 1.81. The van der Waals surface area contributed by atoms with Gasteiger partial charge >= 0.3 is 11.9 Å². The van der Waals surface area contributed by atoms with E-state index in [9.17, 15) is 19.8 Å². The zero-order valence-corrected chi connectivity index (χ0v) is 18.6. The first kappa shape index (κ1) is 27.8. The quantitative estimate of drug-likeness (QED) is 0.164. The van der Waals surface area contributed by atoms with Crippen molar-refractivity contribution >= 4 is 47.2 Å². The molecular weight excluding hydrogens is 428 g/mol. The number of hydrogen-bond donors (Lipinski definition) is 4. The van der Waals surface area contributed by atoms with Crippen LogP contribution in [0.4, 0.5) is 0 Å². The lowest BCUT2D eigenvalue weighted by Gasteiger charge is -2.18. The van der Waals surface area contributed by atoms with Gasteiger partial charge in [0.05, 0.1) is 44.9 Å². The Kier molecular flexibility index (Phi) is 18.7. The van der Waals surface area contributed by atoms with E-state index < -0.39 is 12.2 Å². The summed E-state index contributed by atoms with van der Waals surface area (Å²) in [5, 5.41) is 36.5. The third kappa shape index (κ3) is 16.8. The molecule has 0 aliphatic heterocycles. The molecule has 0 radical (unpaired) electrons. The van der Waals surface area contributed by atoms with Crippen molar-refractivity contribution in [1.29, 1.82) is 0 Å². The van der Waals surface area contributed by atoms with Crippen molar-refractivity contribution < 1.29 is 39.5 Å². The van der Waals surface area contributed by atoms with Crippen LogP contribution in [0.5, 0.6) is 0 Å². The molecule has 0 saturated carbocycles. The summed E-state index contributed by atoms with van der Waals surface area (Å²) >= 11 is 4.29. The van der Waals surface area contributed by atoms with Gasteiger partial charge in [0.15, 0.2) is 0 Å². The maximum Gasteiger partial charge on any atom is 0.306 e. The third-order valence-electron chi connectivity index (χ3n) is 3.20. The Morgan fingerprint density at radius 1 is 0.857 bits per heavy atom. The molecule has 0 saturated heterocycles. The van der Waals surface area contributed by atoms with Gasteiger partial charge in [-0.2, -0.15) is 35.3 Å². The van der Waals surface area contributed by atoms with Crippen LogP contribution in [0, 0.1) is 0 Å². The molecule has 0 aromatic carbocycles. The molecule has 8 nitrogen and oxygen atoms in total. The van der Waals surface area contributed by atoms with Crippen LogP contribution in [0.15, 0.2) is 0 Å². The van der Waals surface area contributed by atoms with E-state index in [2.05, 4.69) is 0 Å². The molecule has 0 rings (SSSR count). The molecule has 0 heterocycles. The van der Waals surface area contributed by atoms with E-state index in [-0.39, 0.29) is 43.4 Å². The van der Waals surface area contributed by atoms with Crippen LogP contribution in [0.2, 0.25) is 0 Å². The summed E-state index contributed by atoms with van der Waals surface area (Å²) < 4.78 is 10.1. The van der Waals surface area contributed by atoms with E-state index in [0.717, 1.165) is 0 Å². The number of ether oxygens (including phenoxy) is 2. The molecule has 0 aromatic rings. The van der Waals surface area contributed by atoms with Gasteiger partial charge in [0.2, 0.25) is 0 Å². The third-order valence-corrected chi connectivity index (χ3v) is 7.00. The fourth-order valence-corrected chi connectivity index (χ4v) is 4.87. The number of thioether (sulfide) groups is 3. The number of carbonyl (C=O) groups excluding carboxylic acids is 2. The minimum absolute atomic E-state index is 0.0995. The number of carbonyl (C=O) groups is 2. The van der Waals surface area contributed by atoms with Gasteiger partial charge in [-0.15, -0.1) is 0 Å². The van der Waals surface area contributed by atoms with Gasteiger partial charge in [0, 0.05) is 34.0 Å². The smallest absolute Gasteiger partial charge is 0.306 e. The van der Waals surface area contributed by atoms with Gasteiger partial charge in [-0.1, -0.05) is 0 Å². The molecule has 11 heteroatoms. The van der Waals surface area contributed by atoms with E-state index in [0.29, 0.717) is 41.8 Å². The molecule has 0 aliphatic carbocycles. The van der Waals surface area contributed by atoms with E-state index in [4.69, 9.17) is 19.7 Å². The van der Waals surface area contributed by atoms with Crippen LogP contribution >= 0.6 is 35.3 Å². The first-order valence-corrected chi connectivity index (χ1v) is 12.4. The molecule has 0 aliphatic rings. The molecule has 28 heavy (non-hydrogen) atoms. The van der Waals surface area contributed by atoms with Crippen molar-refractivity contribution in [3.05, 3.63) is 0 Å². The molecule has 0 amide bonds. The predicted molar refractivity (Wildman–Crippen MR) is 114 cm³/mol. The maximum atomic E-state index is 11.9. The Hall–Kier alpha value is -0.170. The Bertz CT molecular complexity index is 414. The zero-order chi connectivity index (χ0) is 21.2. The van der Waals surface area contributed by atoms with E-state index in [1.807, 2.05) is 0 Å². The van der Waals surface area contributed by atoms with Crippen LogP contribution in [0.1, 0.15) is 19.8 Å². The standard InChI is InChI=1S/C17H32O8S3/c1-2-24-16(22)3-5-26-6-4-17(23)25-9-15(28-11-14(21)8-19)12-27-10-13(20)7-18/h13-15,18-21H,2-12H2,1H3. The normalized spacial score (nSPS) is 14.3. The molecule has 166 valence electrons. The molecule has 0 spiro atoms. The lowest BCUT2D eigenvalue weighted by atomic mass is 10.4. The second-order valence-electron chi connectivity index (χ2n) is 5.77. The highest BCUT2D eigenvalue weighted by atomic mass is 32.2.